The first kappa shape index (κ1) is 14.7. The van der Waals surface area contributed by atoms with Crippen LogP contribution in [0.15, 0.2) is 0 Å². The molecule has 3 heteroatoms. The molecule has 0 bridgehead atoms. The van der Waals surface area contributed by atoms with E-state index in [0.29, 0.717) is 17.4 Å². The van der Waals surface area contributed by atoms with Gasteiger partial charge in [0, 0.05) is 13.0 Å². The lowest BCUT2D eigenvalue weighted by atomic mass is 9.99. The third-order valence-electron chi connectivity index (χ3n) is 3.11. The van der Waals surface area contributed by atoms with Crippen LogP contribution < -0.4 is 0 Å². The lowest BCUT2D eigenvalue weighted by molar-refractivity contribution is 0.292. The Morgan fingerprint density at radius 1 is 1.27 bits per heavy atom. The van der Waals surface area contributed by atoms with E-state index in [1.54, 1.807) is 0 Å². The van der Waals surface area contributed by atoms with Gasteiger partial charge in [-0.25, -0.2) is 0 Å². The molecule has 15 heavy (non-hydrogen) atoms. The molecule has 0 atom stereocenters. The van der Waals surface area contributed by atoms with Gasteiger partial charge in [0.1, 0.15) is 0 Å². The topological polar surface area (TPSA) is 33.0 Å². The minimum absolute atomic E-state index is 0.409. The molecule has 0 aromatic rings. The van der Waals surface area contributed by atoms with Crippen LogP contribution in [-0.4, -0.2) is 16.4 Å². The molecule has 88 valence electrons. The summed E-state index contributed by atoms with van der Waals surface area (Å²) in [6, 6.07) is 2.17. The van der Waals surface area contributed by atoms with Crippen LogP contribution in [0.5, 0.6) is 0 Å². The van der Waals surface area contributed by atoms with Crippen molar-refractivity contribution in [2.24, 2.45) is 5.92 Å². The molecule has 0 rings (SSSR count). The van der Waals surface area contributed by atoms with Crippen molar-refractivity contribution in [3.05, 3.63) is 0 Å². The van der Waals surface area contributed by atoms with Gasteiger partial charge in [0.05, 0.1) is 6.07 Å². The normalized spacial score (nSPS) is 12.5. The second-order valence-corrected chi connectivity index (χ2v) is 7.68. The van der Waals surface area contributed by atoms with E-state index in [4.69, 9.17) is 9.69 Å². The van der Waals surface area contributed by atoms with Crippen LogP contribution in [0.1, 0.15) is 53.4 Å². The molecular formula is C12H25NOSi. The molecule has 2 nitrogen and oxygen atoms in total. The van der Waals surface area contributed by atoms with Gasteiger partial charge in [0.15, 0.2) is 9.76 Å². The smallest absolute Gasteiger partial charge is 0.167 e. The van der Waals surface area contributed by atoms with E-state index in [2.05, 4.69) is 33.8 Å². The van der Waals surface area contributed by atoms with Crippen molar-refractivity contribution >= 4 is 9.76 Å². The number of unbranched alkanes of at least 4 members (excludes halogenated alkanes) is 3. The monoisotopic (exact) mass is 227 g/mol. The van der Waals surface area contributed by atoms with E-state index < -0.39 is 9.76 Å². The Balaban J connectivity index is 3.35. The first-order valence-corrected chi connectivity index (χ1v) is 7.24. The largest absolute Gasteiger partial charge is 0.423 e. The van der Waals surface area contributed by atoms with Gasteiger partial charge >= 0.3 is 0 Å². The first-order chi connectivity index (χ1) is 7.00. The molecular weight excluding hydrogens is 202 g/mol. The molecule has 0 aromatic heterocycles. The molecule has 0 saturated heterocycles. The number of nitriles is 1. The van der Waals surface area contributed by atoms with E-state index >= 15 is 0 Å². The molecule has 0 saturated carbocycles. The van der Waals surface area contributed by atoms with E-state index in [1.807, 2.05) is 0 Å². The summed E-state index contributed by atoms with van der Waals surface area (Å²) >= 11 is 0. The lowest BCUT2D eigenvalue weighted by Crippen LogP contribution is -2.22. The van der Waals surface area contributed by atoms with Crippen LogP contribution in [0.3, 0.4) is 0 Å². The summed E-state index contributed by atoms with van der Waals surface area (Å²) in [5.41, 5.74) is 0. The summed E-state index contributed by atoms with van der Waals surface area (Å²) in [6.07, 6.45) is 3.96. The quantitative estimate of drug-likeness (QED) is 0.472. The molecule has 0 unspecified atom stereocenters. The van der Waals surface area contributed by atoms with Gasteiger partial charge in [0.25, 0.3) is 0 Å². The van der Waals surface area contributed by atoms with E-state index in [0.717, 1.165) is 25.9 Å². The SMILES string of the molecule is CC(C)C(C)(C)[SiH2]OCCCCCC#N. The third kappa shape index (κ3) is 7.58. The van der Waals surface area contributed by atoms with E-state index in [-0.39, 0.29) is 0 Å². The maximum atomic E-state index is 8.36. The summed E-state index contributed by atoms with van der Waals surface area (Å²) in [4.78, 5) is 0. The van der Waals surface area contributed by atoms with Crippen molar-refractivity contribution in [3.63, 3.8) is 0 Å². The molecule has 0 aliphatic heterocycles. The highest BCUT2D eigenvalue weighted by Crippen LogP contribution is 2.32. The lowest BCUT2D eigenvalue weighted by Gasteiger charge is -2.28. The maximum absolute atomic E-state index is 8.36. The molecule has 0 radical (unpaired) electrons. The number of hydrogen-bond acceptors (Lipinski definition) is 2. The highest BCUT2D eigenvalue weighted by Gasteiger charge is 2.23. The zero-order valence-corrected chi connectivity index (χ0v) is 12.1. The predicted octanol–water partition coefficient (Wildman–Crippen LogP) is 3.03. The van der Waals surface area contributed by atoms with E-state index in [9.17, 15) is 0 Å². The second-order valence-electron chi connectivity index (χ2n) is 5.16. The fourth-order valence-corrected chi connectivity index (χ4v) is 2.29. The molecule has 0 spiro atoms. The Morgan fingerprint density at radius 2 is 1.93 bits per heavy atom. The fraction of sp³-hybridized carbons (Fsp3) is 0.917. The van der Waals surface area contributed by atoms with Gasteiger partial charge in [-0.1, -0.05) is 34.1 Å². The highest BCUT2D eigenvalue weighted by molar-refractivity contribution is 6.32. The molecule has 0 aromatic carbocycles. The Kier molecular flexibility index (Phi) is 7.72. The van der Waals surface area contributed by atoms with Crippen LogP contribution in [0, 0.1) is 17.2 Å². The maximum Gasteiger partial charge on any atom is 0.167 e. The second kappa shape index (κ2) is 7.89. The Morgan fingerprint density at radius 3 is 2.47 bits per heavy atom. The minimum Gasteiger partial charge on any atom is -0.423 e. The summed E-state index contributed by atoms with van der Waals surface area (Å²) in [5, 5.41) is 8.77. The van der Waals surface area contributed by atoms with Gasteiger partial charge in [-0.05, 0) is 23.8 Å². The Labute approximate surface area is 97.0 Å². The molecule has 0 fully saturated rings. The van der Waals surface area contributed by atoms with Crippen molar-refractivity contribution < 1.29 is 4.43 Å². The summed E-state index contributed by atoms with van der Waals surface area (Å²) in [7, 11) is -0.413. The van der Waals surface area contributed by atoms with Gasteiger partial charge in [-0.3, -0.25) is 0 Å². The number of rotatable bonds is 8. The average Bonchev–Trinajstić information content (AvgIpc) is 2.16. The highest BCUT2D eigenvalue weighted by atomic mass is 28.2. The first-order valence-electron chi connectivity index (χ1n) is 5.95. The van der Waals surface area contributed by atoms with E-state index in [1.165, 1.54) is 0 Å². The van der Waals surface area contributed by atoms with Gasteiger partial charge < -0.3 is 4.43 Å². The van der Waals surface area contributed by atoms with Crippen LogP contribution in [0.4, 0.5) is 0 Å². The number of nitrogens with zero attached hydrogens (tertiary/aromatic N) is 1. The van der Waals surface area contributed by atoms with Crippen molar-refractivity contribution in [3.8, 4) is 6.07 Å². The van der Waals surface area contributed by atoms with Crippen LogP contribution in [-0.2, 0) is 4.43 Å². The molecule has 0 N–H and O–H groups in total. The third-order valence-corrected chi connectivity index (χ3v) is 5.17. The Hall–Kier alpha value is -0.333. The summed E-state index contributed by atoms with van der Waals surface area (Å²) in [5.74, 6) is 0.711. The van der Waals surface area contributed by atoms with Gasteiger partial charge in [-0.15, -0.1) is 0 Å². The molecule has 0 amide bonds. The van der Waals surface area contributed by atoms with Gasteiger partial charge in [0.2, 0.25) is 0 Å². The zero-order valence-electron chi connectivity index (χ0n) is 10.7. The zero-order chi connectivity index (χ0) is 11.7. The summed E-state index contributed by atoms with van der Waals surface area (Å²) < 4.78 is 5.80. The minimum atomic E-state index is -0.413. The average molecular weight is 227 g/mol. The van der Waals surface area contributed by atoms with Crippen LogP contribution >= 0.6 is 0 Å². The van der Waals surface area contributed by atoms with Crippen molar-refractivity contribution in [1.82, 2.24) is 0 Å². The van der Waals surface area contributed by atoms with Crippen LogP contribution in [0.2, 0.25) is 5.04 Å². The number of hydrogen-bond donors (Lipinski definition) is 0. The fourth-order valence-electron chi connectivity index (χ4n) is 1.09. The Bertz CT molecular complexity index is 196. The molecule has 0 heterocycles. The van der Waals surface area contributed by atoms with Crippen molar-refractivity contribution in [2.75, 3.05) is 6.61 Å². The molecule has 0 aliphatic carbocycles. The molecule has 0 aliphatic rings. The van der Waals surface area contributed by atoms with Gasteiger partial charge in [-0.2, -0.15) is 5.26 Å². The standard InChI is InChI=1S/C12H25NOSi/c1-11(2)12(3,4)15-14-10-8-6-5-7-9-13/h11H,5-8,10,15H2,1-4H3. The predicted molar refractivity (Wildman–Crippen MR) is 67.5 cm³/mol. The van der Waals surface area contributed by atoms with Crippen LogP contribution in [0.25, 0.3) is 0 Å². The summed E-state index contributed by atoms with van der Waals surface area (Å²) in [6.45, 7) is 10.0. The van der Waals surface area contributed by atoms with Crippen molar-refractivity contribution in [2.45, 2.75) is 58.4 Å². The van der Waals surface area contributed by atoms with Crippen molar-refractivity contribution in [1.29, 1.82) is 5.26 Å².